The van der Waals surface area contributed by atoms with Crippen molar-refractivity contribution in [3.05, 3.63) is 54.5 Å². The number of hydrogen-bond donors (Lipinski definition) is 0. The van der Waals surface area contributed by atoms with Gasteiger partial charge in [0.15, 0.2) is 10.2 Å². The molecule has 0 saturated heterocycles. The zero-order chi connectivity index (χ0) is 19.5. The van der Waals surface area contributed by atoms with Gasteiger partial charge in [-0.15, -0.1) is 10.2 Å². The van der Waals surface area contributed by atoms with Crippen molar-refractivity contribution in [2.45, 2.75) is 29.3 Å². The van der Waals surface area contributed by atoms with Crippen molar-refractivity contribution >= 4 is 23.3 Å². The monoisotopic (exact) mass is 410 g/mol. The highest BCUT2D eigenvalue weighted by Crippen LogP contribution is 2.33. The van der Waals surface area contributed by atoms with Crippen molar-refractivity contribution < 1.29 is 4.74 Å². The summed E-state index contributed by atoms with van der Waals surface area (Å²) in [5, 5.41) is 9.51. The molecule has 0 N–H and O–H groups in total. The predicted molar refractivity (Wildman–Crippen MR) is 109 cm³/mol. The van der Waals surface area contributed by atoms with Crippen molar-refractivity contribution in [1.82, 2.24) is 29.1 Å². The highest BCUT2D eigenvalue weighted by molar-refractivity contribution is 8.00. The maximum Gasteiger partial charge on any atom is 0.203 e. The Bertz CT molecular complexity index is 1060. The number of ether oxygens (including phenoxy) is 1. The van der Waals surface area contributed by atoms with Crippen LogP contribution >= 0.6 is 23.3 Å². The van der Waals surface area contributed by atoms with Gasteiger partial charge in [-0.1, -0.05) is 19.9 Å². The van der Waals surface area contributed by atoms with E-state index in [1.54, 1.807) is 13.3 Å². The molecule has 0 radical (unpaired) electrons. The summed E-state index contributed by atoms with van der Waals surface area (Å²) in [6, 6.07) is 13.5. The number of pyridine rings is 1. The Balaban J connectivity index is 1.78. The van der Waals surface area contributed by atoms with Crippen LogP contribution in [0.4, 0.5) is 0 Å². The smallest absolute Gasteiger partial charge is 0.203 e. The van der Waals surface area contributed by atoms with Crippen molar-refractivity contribution in [3.63, 3.8) is 0 Å². The summed E-state index contributed by atoms with van der Waals surface area (Å²) >= 11 is 2.82. The van der Waals surface area contributed by atoms with E-state index in [2.05, 4.69) is 38.4 Å². The molecule has 28 heavy (non-hydrogen) atoms. The lowest BCUT2D eigenvalue weighted by Crippen LogP contribution is -2.00. The van der Waals surface area contributed by atoms with Crippen LogP contribution in [0.15, 0.2) is 58.2 Å². The minimum absolute atomic E-state index is 0.286. The van der Waals surface area contributed by atoms with Crippen LogP contribution in [0.2, 0.25) is 0 Å². The first-order valence-electron chi connectivity index (χ1n) is 8.68. The molecule has 4 aromatic rings. The lowest BCUT2D eigenvalue weighted by molar-refractivity contribution is 0.414. The summed E-state index contributed by atoms with van der Waals surface area (Å²) in [6.45, 7) is 4.16. The molecule has 1 aromatic carbocycles. The maximum absolute atomic E-state index is 5.28. The van der Waals surface area contributed by atoms with E-state index in [1.165, 1.54) is 23.3 Å². The maximum atomic E-state index is 5.28. The second-order valence-electron chi connectivity index (χ2n) is 6.23. The molecule has 0 amide bonds. The van der Waals surface area contributed by atoms with Gasteiger partial charge in [-0.2, -0.15) is 4.37 Å². The SMILES string of the molecule is COc1ccc(-n2c(Sc3nc(C(C)C)ns3)nnc2-c2ccccn2)cc1. The van der Waals surface area contributed by atoms with Gasteiger partial charge >= 0.3 is 0 Å². The van der Waals surface area contributed by atoms with Gasteiger partial charge in [-0.25, -0.2) is 4.98 Å². The van der Waals surface area contributed by atoms with Gasteiger partial charge in [0.2, 0.25) is 5.16 Å². The number of nitrogens with zero attached hydrogens (tertiary/aromatic N) is 6. The number of benzene rings is 1. The summed E-state index contributed by atoms with van der Waals surface area (Å²) in [6.07, 6.45) is 1.74. The average molecular weight is 411 g/mol. The highest BCUT2D eigenvalue weighted by atomic mass is 32.2. The molecule has 0 fully saturated rings. The lowest BCUT2D eigenvalue weighted by Gasteiger charge is -2.10. The van der Waals surface area contributed by atoms with Gasteiger partial charge in [0.1, 0.15) is 17.3 Å². The van der Waals surface area contributed by atoms with E-state index in [1.807, 2.05) is 47.0 Å². The van der Waals surface area contributed by atoms with Gasteiger partial charge in [-0.05, 0) is 59.7 Å². The van der Waals surface area contributed by atoms with Crippen LogP contribution in [0.5, 0.6) is 5.75 Å². The normalized spacial score (nSPS) is 11.1. The molecule has 7 nitrogen and oxygen atoms in total. The van der Waals surface area contributed by atoms with Gasteiger partial charge in [-0.3, -0.25) is 9.55 Å². The van der Waals surface area contributed by atoms with Crippen molar-refractivity contribution in [2.75, 3.05) is 7.11 Å². The Hall–Kier alpha value is -2.78. The van der Waals surface area contributed by atoms with Crippen LogP contribution in [-0.4, -0.2) is 36.2 Å². The number of hydrogen-bond acceptors (Lipinski definition) is 8. The molecule has 3 heterocycles. The Kier molecular flexibility index (Phi) is 5.36. The van der Waals surface area contributed by atoms with E-state index >= 15 is 0 Å². The van der Waals surface area contributed by atoms with E-state index in [0.29, 0.717) is 11.0 Å². The largest absolute Gasteiger partial charge is 0.497 e. The molecule has 3 aromatic heterocycles. The summed E-state index contributed by atoms with van der Waals surface area (Å²) in [5.74, 6) is 2.58. The first-order valence-corrected chi connectivity index (χ1v) is 10.3. The van der Waals surface area contributed by atoms with Crippen LogP contribution in [0.1, 0.15) is 25.6 Å². The second kappa shape index (κ2) is 8.07. The van der Waals surface area contributed by atoms with Gasteiger partial charge in [0, 0.05) is 12.1 Å². The van der Waals surface area contributed by atoms with Gasteiger partial charge in [0.05, 0.1) is 12.8 Å². The molecular weight excluding hydrogens is 392 g/mol. The molecule has 0 bridgehead atoms. The second-order valence-corrected chi connectivity index (χ2v) is 8.20. The lowest BCUT2D eigenvalue weighted by atomic mass is 10.2. The van der Waals surface area contributed by atoms with Gasteiger partial charge < -0.3 is 4.74 Å². The van der Waals surface area contributed by atoms with E-state index in [0.717, 1.165) is 27.3 Å². The summed E-state index contributed by atoms with van der Waals surface area (Å²) in [7, 11) is 1.65. The third kappa shape index (κ3) is 3.76. The first kappa shape index (κ1) is 18.6. The minimum atomic E-state index is 0.286. The summed E-state index contributed by atoms with van der Waals surface area (Å²) in [5.41, 5.74) is 1.67. The van der Waals surface area contributed by atoms with Crippen LogP contribution < -0.4 is 4.74 Å². The quantitative estimate of drug-likeness (QED) is 0.464. The fourth-order valence-corrected chi connectivity index (χ4v) is 4.24. The standard InChI is InChI=1S/C19H18N6OS2/c1-12(2)16-21-19(28-24-16)27-18-23-22-17(15-6-4-5-11-20-15)25(18)13-7-9-14(26-3)10-8-13/h4-12H,1-3H3. The highest BCUT2D eigenvalue weighted by Gasteiger charge is 2.19. The van der Waals surface area contributed by atoms with E-state index < -0.39 is 0 Å². The van der Waals surface area contributed by atoms with Crippen LogP contribution in [0.25, 0.3) is 17.2 Å². The van der Waals surface area contributed by atoms with Crippen molar-refractivity contribution in [3.8, 4) is 23.0 Å². The van der Waals surface area contributed by atoms with Gasteiger partial charge in [0.25, 0.3) is 0 Å². The fraction of sp³-hybridized carbons (Fsp3) is 0.211. The molecule has 0 spiro atoms. The molecule has 9 heteroatoms. The Labute approximate surface area is 171 Å². The fourth-order valence-electron chi connectivity index (χ4n) is 2.54. The third-order valence-electron chi connectivity index (χ3n) is 3.98. The van der Waals surface area contributed by atoms with Crippen molar-refractivity contribution in [1.29, 1.82) is 0 Å². The molecule has 0 saturated carbocycles. The molecule has 142 valence electrons. The molecule has 0 unspecified atom stereocenters. The molecule has 0 aliphatic carbocycles. The van der Waals surface area contributed by atoms with Crippen LogP contribution in [0, 0.1) is 0 Å². The zero-order valence-corrected chi connectivity index (χ0v) is 17.2. The molecule has 0 aliphatic heterocycles. The molecule has 4 rings (SSSR count). The van der Waals surface area contributed by atoms with Crippen LogP contribution in [0.3, 0.4) is 0 Å². The third-order valence-corrected chi connectivity index (χ3v) is 5.69. The number of methoxy groups -OCH3 is 1. The summed E-state index contributed by atoms with van der Waals surface area (Å²) < 4.78 is 12.5. The molecular formula is C19H18N6OS2. The van der Waals surface area contributed by atoms with E-state index in [4.69, 9.17) is 4.74 Å². The minimum Gasteiger partial charge on any atom is -0.497 e. The topological polar surface area (TPSA) is 78.6 Å². The molecule has 0 atom stereocenters. The van der Waals surface area contributed by atoms with Crippen molar-refractivity contribution in [2.24, 2.45) is 0 Å². The van der Waals surface area contributed by atoms with Crippen LogP contribution in [-0.2, 0) is 0 Å². The number of rotatable bonds is 6. The van der Waals surface area contributed by atoms with E-state index in [-0.39, 0.29) is 5.92 Å². The Morgan fingerprint density at radius 1 is 1.07 bits per heavy atom. The predicted octanol–water partition coefficient (Wildman–Crippen LogP) is 4.46. The summed E-state index contributed by atoms with van der Waals surface area (Å²) in [4.78, 5) is 9.04. The Morgan fingerprint density at radius 3 is 2.54 bits per heavy atom. The number of aromatic nitrogens is 6. The molecule has 0 aliphatic rings. The van der Waals surface area contributed by atoms with E-state index in [9.17, 15) is 0 Å². The first-order chi connectivity index (χ1) is 13.7. The average Bonchev–Trinajstić information content (AvgIpc) is 3.36. The Morgan fingerprint density at radius 2 is 1.89 bits per heavy atom. The zero-order valence-electron chi connectivity index (χ0n) is 15.6.